The molecule has 0 fully saturated rings. The molecule has 1 aromatic rings. The second-order valence-electron chi connectivity index (χ2n) is 2.72. The molecule has 1 unspecified atom stereocenters. The van der Waals surface area contributed by atoms with Gasteiger partial charge in [0.15, 0.2) is 0 Å². The maximum Gasteiger partial charge on any atom is 0.262 e. The second-order valence-corrected chi connectivity index (χ2v) is 4.24. The summed E-state index contributed by atoms with van der Waals surface area (Å²) in [5.41, 5.74) is 0. The highest BCUT2D eigenvalue weighted by Crippen LogP contribution is 2.08. The third-order valence-electron chi connectivity index (χ3n) is 1.68. The van der Waals surface area contributed by atoms with Crippen LogP contribution in [0.1, 0.15) is 19.3 Å². The van der Waals surface area contributed by atoms with Gasteiger partial charge in [0.25, 0.3) is 5.03 Å². The summed E-state index contributed by atoms with van der Waals surface area (Å²) >= 11 is -1.00. The van der Waals surface area contributed by atoms with Crippen molar-refractivity contribution in [3.8, 4) is 0 Å². The van der Waals surface area contributed by atoms with Crippen LogP contribution in [-0.2, 0) is 16.3 Å². The fourth-order valence-electron chi connectivity index (χ4n) is 0.988. The predicted molar refractivity (Wildman–Crippen MR) is 49.3 cm³/mol. The van der Waals surface area contributed by atoms with E-state index in [-0.39, 0.29) is 6.61 Å². The molecule has 0 amide bonds. The van der Waals surface area contributed by atoms with E-state index in [1.165, 1.54) is 6.33 Å². The van der Waals surface area contributed by atoms with Crippen LogP contribution >= 0.6 is 0 Å². The van der Waals surface area contributed by atoms with Gasteiger partial charge in [-0.2, -0.15) is 4.98 Å². The molecule has 1 aromatic heterocycles. The second kappa shape index (κ2) is 6.01. The van der Waals surface area contributed by atoms with Gasteiger partial charge in [-0.05, 0) is 19.3 Å². The smallest absolute Gasteiger partial charge is 0.262 e. The van der Waals surface area contributed by atoms with E-state index in [4.69, 9.17) is 0 Å². The molecule has 0 aliphatic carbocycles. The van der Waals surface area contributed by atoms with Crippen molar-refractivity contribution in [2.75, 3.05) is 12.4 Å². The summed E-state index contributed by atoms with van der Waals surface area (Å²) in [6.45, 7) is -0.0327. The minimum atomic E-state index is -1.00. The van der Waals surface area contributed by atoms with E-state index in [9.17, 15) is 9.66 Å². The average molecular weight is 201 g/mol. The molecule has 1 heterocycles. The maximum absolute atomic E-state index is 11.4. The van der Waals surface area contributed by atoms with Crippen LogP contribution in [0.3, 0.4) is 0 Å². The first kappa shape index (κ1) is 10.6. The summed E-state index contributed by atoms with van der Waals surface area (Å²) in [6, 6.07) is 0. The number of rotatable bonds is 6. The van der Waals surface area contributed by atoms with Gasteiger partial charge in [-0.25, -0.2) is 5.11 Å². The number of nitrogens with one attached hydrogen (secondary N) is 1. The van der Waals surface area contributed by atoms with E-state index in [1.807, 2.05) is 0 Å². The lowest BCUT2D eigenvalue weighted by molar-refractivity contribution is 0.186. The van der Waals surface area contributed by atoms with E-state index >= 15 is 0 Å². The maximum atomic E-state index is 11.4. The van der Waals surface area contributed by atoms with Gasteiger partial charge in [-0.3, -0.25) is 0 Å². The summed E-state index contributed by atoms with van der Waals surface area (Å²) in [6.07, 6.45) is 5.54. The zero-order valence-electron chi connectivity index (χ0n) is 7.36. The molecule has 0 saturated carbocycles. The SMILES string of the molecule is [O]CCCCC[S+]([O-])c1c[nH]cn1. The van der Waals surface area contributed by atoms with Gasteiger partial charge < -0.3 is 9.54 Å². The van der Waals surface area contributed by atoms with Crippen LogP contribution in [0.2, 0.25) is 0 Å². The molecule has 0 spiro atoms. The van der Waals surface area contributed by atoms with Crippen molar-refractivity contribution < 1.29 is 9.66 Å². The number of hydrogen-bond acceptors (Lipinski definition) is 2. The van der Waals surface area contributed by atoms with Crippen molar-refractivity contribution in [3.63, 3.8) is 0 Å². The summed E-state index contributed by atoms with van der Waals surface area (Å²) in [7, 11) is 0. The zero-order valence-corrected chi connectivity index (χ0v) is 8.18. The Kier molecular flexibility index (Phi) is 4.88. The zero-order chi connectivity index (χ0) is 9.52. The number of imidazole rings is 1. The predicted octanol–water partition coefficient (Wildman–Crippen LogP) is 1.12. The molecule has 4 nitrogen and oxygen atoms in total. The van der Waals surface area contributed by atoms with Crippen LogP contribution in [0.5, 0.6) is 0 Å². The van der Waals surface area contributed by atoms with Gasteiger partial charge in [0, 0.05) is 11.2 Å². The molecule has 1 radical (unpaired) electrons. The lowest BCUT2D eigenvalue weighted by Gasteiger charge is -2.05. The monoisotopic (exact) mass is 201 g/mol. The number of H-pyrrole nitrogens is 1. The van der Waals surface area contributed by atoms with Crippen LogP contribution < -0.4 is 0 Å². The van der Waals surface area contributed by atoms with Crippen molar-refractivity contribution in [2.45, 2.75) is 24.3 Å². The Morgan fingerprint density at radius 2 is 2.31 bits per heavy atom. The molecule has 0 saturated heterocycles. The standard InChI is InChI=1S/C8H13N2O2S/c11-4-2-1-3-5-13(12)8-6-9-7-10-8/h6-7H,1-5H2,(H,9,10). The summed E-state index contributed by atoms with van der Waals surface area (Å²) in [5.74, 6) is 0.602. The van der Waals surface area contributed by atoms with Crippen molar-refractivity contribution >= 4 is 11.2 Å². The highest BCUT2D eigenvalue weighted by Gasteiger charge is 2.11. The molecule has 1 rings (SSSR count). The Hall–Kier alpha value is -0.520. The van der Waals surface area contributed by atoms with Crippen LogP contribution in [0, 0.1) is 0 Å². The summed E-state index contributed by atoms with van der Waals surface area (Å²) < 4.78 is 11.4. The number of nitrogens with zero attached hydrogens (tertiary/aromatic N) is 1. The summed E-state index contributed by atoms with van der Waals surface area (Å²) in [5, 5.41) is 10.7. The molecule has 5 heteroatoms. The molecular formula is C8H13N2O2S. The lowest BCUT2D eigenvalue weighted by atomic mass is 10.3. The quantitative estimate of drug-likeness (QED) is 0.553. The molecule has 0 aliphatic rings. The third kappa shape index (κ3) is 3.80. The van der Waals surface area contributed by atoms with Crippen molar-refractivity contribution in [1.29, 1.82) is 0 Å². The molecule has 13 heavy (non-hydrogen) atoms. The highest BCUT2D eigenvalue weighted by molar-refractivity contribution is 7.91. The minimum absolute atomic E-state index is 0.0327. The normalized spacial score (nSPS) is 13.1. The number of unbranched alkanes of at least 4 members (excludes halogenated alkanes) is 2. The van der Waals surface area contributed by atoms with E-state index < -0.39 is 11.2 Å². The summed E-state index contributed by atoms with van der Waals surface area (Å²) in [4.78, 5) is 6.66. The minimum Gasteiger partial charge on any atom is -0.610 e. The fraction of sp³-hybridized carbons (Fsp3) is 0.625. The van der Waals surface area contributed by atoms with Gasteiger partial charge in [-0.15, -0.1) is 0 Å². The molecule has 1 N–H and O–H groups in total. The molecule has 0 aliphatic heterocycles. The Balaban J connectivity index is 2.15. The van der Waals surface area contributed by atoms with E-state index in [0.29, 0.717) is 17.2 Å². The van der Waals surface area contributed by atoms with Gasteiger partial charge in [0.05, 0.1) is 19.1 Å². The van der Waals surface area contributed by atoms with Crippen LogP contribution in [0.4, 0.5) is 0 Å². The molecule has 0 aromatic carbocycles. The van der Waals surface area contributed by atoms with Crippen LogP contribution in [0.15, 0.2) is 17.6 Å². The van der Waals surface area contributed by atoms with Crippen molar-refractivity contribution in [1.82, 2.24) is 9.97 Å². The topological polar surface area (TPSA) is 71.6 Å². The number of hydrogen-bond donors (Lipinski definition) is 1. The molecule has 0 bridgehead atoms. The van der Waals surface area contributed by atoms with Crippen molar-refractivity contribution in [3.05, 3.63) is 12.5 Å². The first-order valence-corrected chi connectivity index (χ1v) is 5.61. The third-order valence-corrected chi connectivity index (χ3v) is 3.03. The first-order chi connectivity index (χ1) is 6.34. The Labute approximate surface area is 80.6 Å². The van der Waals surface area contributed by atoms with E-state index in [2.05, 4.69) is 9.97 Å². The van der Waals surface area contributed by atoms with Gasteiger partial charge >= 0.3 is 0 Å². The molecular weight excluding hydrogens is 188 g/mol. The average Bonchev–Trinajstić information content (AvgIpc) is 2.65. The van der Waals surface area contributed by atoms with E-state index in [0.717, 1.165) is 12.8 Å². The fourth-order valence-corrected chi connectivity index (χ4v) is 2.03. The molecule has 73 valence electrons. The van der Waals surface area contributed by atoms with E-state index in [1.54, 1.807) is 6.20 Å². The Morgan fingerprint density at radius 1 is 1.46 bits per heavy atom. The van der Waals surface area contributed by atoms with Gasteiger partial charge in [-0.1, -0.05) is 0 Å². The molecule has 1 atom stereocenters. The Bertz CT molecular complexity index is 216. The van der Waals surface area contributed by atoms with Crippen LogP contribution in [0.25, 0.3) is 0 Å². The van der Waals surface area contributed by atoms with Gasteiger partial charge in [0.2, 0.25) is 0 Å². The largest absolute Gasteiger partial charge is 0.610 e. The Morgan fingerprint density at radius 3 is 2.92 bits per heavy atom. The van der Waals surface area contributed by atoms with Crippen molar-refractivity contribution in [2.24, 2.45) is 0 Å². The lowest BCUT2D eigenvalue weighted by Crippen LogP contribution is -2.07. The van der Waals surface area contributed by atoms with Gasteiger partial charge in [0.1, 0.15) is 5.75 Å². The highest BCUT2D eigenvalue weighted by atomic mass is 32.2. The number of aromatic nitrogens is 2. The number of aromatic amines is 1. The first-order valence-electron chi connectivity index (χ1n) is 4.30. The van der Waals surface area contributed by atoms with Crippen LogP contribution in [-0.4, -0.2) is 26.9 Å².